The third-order valence-electron chi connectivity index (χ3n) is 6.70. The molecule has 1 saturated heterocycles. The highest BCUT2D eigenvalue weighted by Crippen LogP contribution is 2.34. The Hall–Kier alpha value is -3.77. The van der Waals surface area contributed by atoms with Crippen LogP contribution in [0.3, 0.4) is 0 Å². The summed E-state index contributed by atoms with van der Waals surface area (Å²) in [5.41, 5.74) is 3.24. The number of carbonyl (C=O) groups is 2. The van der Waals surface area contributed by atoms with Crippen LogP contribution in [0.4, 0.5) is 10.1 Å². The van der Waals surface area contributed by atoms with Crippen molar-refractivity contribution in [2.75, 3.05) is 4.90 Å². The normalized spacial score (nSPS) is 16.0. The minimum Gasteiger partial charge on any atom is -0.274 e. The van der Waals surface area contributed by atoms with Gasteiger partial charge in [0, 0.05) is 17.0 Å². The van der Waals surface area contributed by atoms with Crippen molar-refractivity contribution in [2.24, 2.45) is 0 Å². The van der Waals surface area contributed by atoms with E-state index in [1.807, 2.05) is 19.1 Å². The van der Waals surface area contributed by atoms with Crippen LogP contribution in [-0.2, 0) is 26.2 Å². The third-order valence-corrected chi connectivity index (χ3v) is 10.5. The summed E-state index contributed by atoms with van der Waals surface area (Å²) in [6.07, 6.45) is -0.302. The van der Waals surface area contributed by atoms with Gasteiger partial charge in [-0.15, -0.1) is 22.7 Å². The molecule has 1 fully saturated rings. The van der Waals surface area contributed by atoms with Crippen molar-refractivity contribution in [2.45, 2.75) is 30.8 Å². The summed E-state index contributed by atoms with van der Waals surface area (Å²) in [5, 5.41) is 2.62. The van der Waals surface area contributed by atoms with Crippen LogP contribution in [0, 0.1) is 12.7 Å². The van der Waals surface area contributed by atoms with Gasteiger partial charge in [0.05, 0.1) is 27.2 Å². The van der Waals surface area contributed by atoms with Gasteiger partial charge in [-0.05, 0) is 84.6 Å². The molecule has 1 aliphatic heterocycles. The monoisotopic (exact) mass is 591 g/mol. The number of anilines is 1. The molecule has 1 unspecified atom stereocenters. The Morgan fingerprint density at radius 1 is 1.02 bits per heavy atom. The largest absolute Gasteiger partial charge is 0.274 e. The van der Waals surface area contributed by atoms with Crippen LogP contribution >= 0.6 is 22.7 Å². The van der Waals surface area contributed by atoms with Gasteiger partial charge in [0.2, 0.25) is 15.9 Å². The Bertz CT molecular complexity index is 1830. The lowest BCUT2D eigenvalue weighted by Crippen LogP contribution is -2.44. The first-order chi connectivity index (χ1) is 19.2. The predicted octanol–water partition coefficient (Wildman–Crippen LogP) is 6.00. The lowest BCUT2D eigenvalue weighted by molar-refractivity contribution is -0.122. The topological polar surface area (TPSA) is 87.7 Å². The number of halogens is 1. The molecule has 5 aromatic rings. The van der Waals surface area contributed by atoms with E-state index in [9.17, 15) is 22.4 Å². The maximum atomic E-state index is 13.7. The summed E-state index contributed by atoms with van der Waals surface area (Å²) in [6.45, 7) is 1.93. The molecule has 0 saturated carbocycles. The lowest BCUT2D eigenvalue weighted by Gasteiger charge is -2.26. The van der Waals surface area contributed by atoms with Crippen molar-refractivity contribution in [1.29, 1.82) is 0 Å². The minimum atomic E-state index is -4.23. The average Bonchev–Trinajstić information content (AvgIpc) is 3.67. The fourth-order valence-electron chi connectivity index (χ4n) is 4.68. The standard InChI is InChI=1S/C29H22FN3O4S3/c1-18-4-13-24-26(15-18)39-28(31-24)19-5-9-21(10-6-19)33-27(34)16-25(29(33)35)32(17-22-3-2-14-38-22)40(36,37)23-11-7-20(30)8-12-23/h2-15,25H,16-17H2,1H3. The number of nitrogens with zero attached hydrogens (tertiary/aromatic N) is 3. The van der Waals surface area contributed by atoms with Gasteiger partial charge in [-0.25, -0.2) is 22.7 Å². The zero-order valence-electron chi connectivity index (χ0n) is 21.2. The highest BCUT2D eigenvalue weighted by Gasteiger charge is 2.47. The van der Waals surface area contributed by atoms with Gasteiger partial charge >= 0.3 is 0 Å². The van der Waals surface area contributed by atoms with Crippen molar-refractivity contribution in [3.8, 4) is 10.6 Å². The fraction of sp³-hybridized carbons (Fsp3) is 0.138. The van der Waals surface area contributed by atoms with E-state index in [0.29, 0.717) is 10.6 Å². The number of carbonyl (C=O) groups excluding carboxylic acids is 2. The number of hydrogen-bond acceptors (Lipinski definition) is 7. The molecule has 1 atom stereocenters. The second-order valence-electron chi connectivity index (χ2n) is 9.41. The van der Waals surface area contributed by atoms with Crippen LogP contribution in [0.15, 0.2) is 89.1 Å². The van der Waals surface area contributed by atoms with E-state index in [4.69, 9.17) is 0 Å². The van der Waals surface area contributed by atoms with E-state index in [2.05, 4.69) is 11.1 Å². The molecule has 6 rings (SSSR count). The van der Waals surface area contributed by atoms with Gasteiger partial charge in [-0.3, -0.25) is 9.59 Å². The Morgan fingerprint density at radius 3 is 2.48 bits per heavy atom. The average molecular weight is 592 g/mol. The molecule has 3 aromatic carbocycles. The molecule has 3 heterocycles. The van der Waals surface area contributed by atoms with Crippen LogP contribution in [-0.4, -0.2) is 35.6 Å². The Balaban J connectivity index is 1.30. The maximum absolute atomic E-state index is 13.7. The number of fused-ring (bicyclic) bond motifs is 1. The van der Waals surface area contributed by atoms with E-state index in [1.165, 1.54) is 11.3 Å². The van der Waals surface area contributed by atoms with Gasteiger partial charge in [0.15, 0.2) is 0 Å². The van der Waals surface area contributed by atoms with Crippen molar-refractivity contribution in [1.82, 2.24) is 9.29 Å². The van der Waals surface area contributed by atoms with Gasteiger partial charge < -0.3 is 0 Å². The summed E-state index contributed by atoms with van der Waals surface area (Å²) in [5.74, 6) is -1.70. The number of aromatic nitrogens is 1. The van der Waals surface area contributed by atoms with Gasteiger partial charge in [-0.2, -0.15) is 4.31 Å². The molecule has 2 aromatic heterocycles. The number of thiophene rings is 1. The van der Waals surface area contributed by atoms with Crippen LogP contribution in [0.5, 0.6) is 0 Å². The Labute approximate surface area is 238 Å². The maximum Gasteiger partial charge on any atom is 0.252 e. The molecule has 11 heteroatoms. The number of thiazole rings is 1. The van der Waals surface area contributed by atoms with Crippen LogP contribution in [0.1, 0.15) is 16.9 Å². The number of benzene rings is 3. The minimum absolute atomic E-state index is 0.0923. The molecular formula is C29H22FN3O4S3. The second kappa shape index (κ2) is 10.3. The number of amides is 2. The summed E-state index contributed by atoms with van der Waals surface area (Å²) >= 11 is 2.90. The molecule has 40 heavy (non-hydrogen) atoms. The second-order valence-corrected chi connectivity index (χ2v) is 13.4. The van der Waals surface area contributed by atoms with Gasteiger partial charge in [0.25, 0.3) is 5.91 Å². The summed E-state index contributed by atoms with van der Waals surface area (Å²) < 4.78 is 43.0. The SMILES string of the molecule is Cc1ccc2nc(-c3ccc(N4C(=O)CC(N(Cc5cccs5)S(=O)(=O)c5ccc(F)cc5)C4=O)cc3)sc2c1. The van der Waals surface area contributed by atoms with Crippen LogP contribution in [0.2, 0.25) is 0 Å². The first kappa shape index (κ1) is 26.5. The molecule has 2 amide bonds. The smallest absolute Gasteiger partial charge is 0.252 e. The molecule has 0 bridgehead atoms. The fourth-order valence-corrected chi connectivity index (χ4v) is 8.09. The molecule has 202 valence electrons. The lowest BCUT2D eigenvalue weighted by atomic mass is 10.2. The van der Waals surface area contributed by atoms with Crippen molar-refractivity contribution < 1.29 is 22.4 Å². The quantitative estimate of drug-likeness (QED) is 0.217. The van der Waals surface area contributed by atoms with E-state index < -0.39 is 33.7 Å². The number of aryl methyl sites for hydroxylation is 1. The molecule has 0 aliphatic carbocycles. The Kier molecular flexibility index (Phi) is 6.83. The predicted molar refractivity (Wildman–Crippen MR) is 154 cm³/mol. The molecule has 0 radical (unpaired) electrons. The van der Waals surface area contributed by atoms with Gasteiger partial charge in [-0.1, -0.05) is 12.1 Å². The number of sulfonamides is 1. The number of hydrogen-bond donors (Lipinski definition) is 0. The first-order valence-electron chi connectivity index (χ1n) is 12.3. The highest BCUT2D eigenvalue weighted by molar-refractivity contribution is 7.89. The molecular weight excluding hydrogens is 570 g/mol. The van der Waals surface area contributed by atoms with E-state index in [1.54, 1.807) is 53.1 Å². The Morgan fingerprint density at radius 2 is 1.77 bits per heavy atom. The zero-order chi connectivity index (χ0) is 28.0. The molecule has 0 N–H and O–H groups in total. The summed E-state index contributed by atoms with van der Waals surface area (Å²) in [7, 11) is -4.23. The van der Waals surface area contributed by atoms with Crippen LogP contribution < -0.4 is 4.90 Å². The zero-order valence-corrected chi connectivity index (χ0v) is 23.6. The van der Waals surface area contributed by atoms with E-state index in [-0.39, 0.29) is 17.9 Å². The number of rotatable bonds is 7. The first-order valence-corrected chi connectivity index (χ1v) is 15.5. The van der Waals surface area contributed by atoms with Crippen LogP contribution in [0.25, 0.3) is 20.8 Å². The van der Waals surface area contributed by atoms with Crippen molar-refractivity contribution in [3.63, 3.8) is 0 Å². The molecule has 1 aliphatic rings. The molecule has 0 spiro atoms. The summed E-state index contributed by atoms with van der Waals surface area (Å²) in [6, 6.07) is 19.7. The number of imide groups is 1. The van der Waals surface area contributed by atoms with E-state index in [0.717, 1.165) is 59.8 Å². The van der Waals surface area contributed by atoms with Gasteiger partial charge in [0.1, 0.15) is 16.9 Å². The highest BCUT2D eigenvalue weighted by atomic mass is 32.2. The van der Waals surface area contributed by atoms with Crippen molar-refractivity contribution >= 4 is 60.4 Å². The third kappa shape index (κ3) is 4.86. The molecule has 7 nitrogen and oxygen atoms in total. The van der Waals surface area contributed by atoms with E-state index >= 15 is 0 Å². The summed E-state index contributed by atoms with van der Waals surface area (Å²) in [4.78, 5) is 33.1. The van der Waals surface area contributed by atoms with Crippen molar-refractivity contribution in [3.05, 3.63) is 101 Å².